The maximum Gasteiger partial charge on any atom is 0.0551 e. The second-order valence-electron chi connectivity index (χ2n) is 4.62. The fourth-order valence-electron chi connectivity index (χ4n) is 2.61. The summed E-state index contributed by atoms with van der Waals surface area (Å²) in [5.74, 6) is 7.17. The van der Waals surface area contributed by atoms with Gasteiger partial charge in [-0.1, -0.05) is 48.0 Å². The molecule has 2 aromatic carbocycles. The van der Waals surface area contributed by atoms with E-state index in [0.717, 1.165) is 16.3 Å². The van der Waals surface area contributed by atoms with Gasteiger partial charge in [0.15, 0.2) is 0 Å². The second kappa shape index (κ2) is 5.55. The smallest absolute Gasteiger partial charge is 0.0551 e. The van der Waals surface area contributed by atoms with Gasteiger partial charge in [-0.15, -0.1) is 11.8 Å². The highest BCUT2D eigenvalue weighted by Crippen LogP contribution is 2.46. The van der Waals surface area contributed by atoms with E-state index in [0.29, 0.717) is 5.92 Å². The highest BCUT2D eigenvalue weighted by molar-refractivity contribution is 7.99. The molecule has 19 heavy (non-hydrogen) atoms. The predicted octanol–water partition coefficient (Wildman–Crippen LogP) is 3.73. The number of hydrogen-bond donors (Lipinski definition) is 2. The lowest BCUT2D eigenvalue weighted by Crippen LogP contribution is -2.33. The number of halogens is 1. The molecule has 2 atom stereocenters. The van der Waals surface area contributed by atoms with Gasteiger partial charge in [0.05, 0.1) is 6.04 Å². The van der Waals surface area contributed by atoms with Crippen LogP contribution in [0.5, 0.6) is 0 Å². The zero-order valence-electron chi connectivity index (χ0n) is 10.3. The third kappa shape index (κ3) is 2.39. The first-order chi connectivity index (χ1) is 9.31. The number of rotatable bonds is 3. The molecule has 2 nitrogen and oxygen atoms in total. The zero-order valence-corrected chi connectivity index (χ0v) is 11.9. The summed E-state index contributed by atoms with van der Waals surface area (Å²) in [4.78, 5) is 1.35. The molecule has 3 N–H and O–H groups in total. The van der Waals surface area contributed by atoms with E-state index < -0.39 is 0 Å². The molecule has 0 saturated heterocycles. The van der Waals surface area contributed by atoms with E-state index in [2.05, 4.69) is 29.7 Å². The Balaban J connectivity index is 1.99. The molecule has 1 aliphatic rings. The SMILES string of the molecule is NNC(c1ccccc1Cl)C1CSc2ccccc21. The van der Waals surface area contributed by atoms with Gasteiger partial charge >= 0.3 is 0 Å². The molecule has 0 amide bonds. The van der Waals surface area contributed by atoms with Gasteiger partial charge in [0.25, 0.3) is 0 Å². The Kier molecular flexibility index (Phi) is 3.80. The van der Waals surface area contributed by atoms with Crippen molar-refractivity contribution in [1.29, 1.82) is 0 Å². The molecular formula is C15H15ClN2S. The van der Waals surface area contributed by atoms with Gasteiger partial charge in [-0.3, -0.25) is 11.3 Å². The van der Waals surface area contributed by atoms with Crippen LogP contribution in [0.1, 0.15) is 23.1 Å². The summed E-state index contributed by atoms with van der Waals surface area (Å²) in [6.07, 6.45) is 0. The summed E-state index contributed by atoms with van der Waals surface area (Å²) in [5, 5.41) is 0.764. The third-order valence-corrected chi connectivity index (χ3v) is 5.11. The highest BCUT2D eigenvalue weighted by Gasteiger charge is 2.31. The maximum atomic E-state index is 6.30. The summed E-state index contributed by atoms with van der Waals surface area (Å²) in [5.41, 5.74) is 5.36. The van der Waals surface area contributed by atoms with Crippen molar-refractivity contribution in [2.45, 2.75) is 16.9 Å². The van der Waals surface area contributed by atoms with Gasteiger partial charge in [-0.25, -0.2) is 0 Å². The average Bonchev–Trinajstić information content (AvgIpc) is 2.86. The minimum atomic E-state index is 0.0462. The van der Waals surface area contributed by atoms with Gasteiger partial charge < -0.3 is 0 Å². The van der Waals surface area contributed by atoms with Crippen LogP contribution >= 0.6 is 23.4 Å². The summed E-state index contributed by atoms with van der Waals surface area (Å²) in [6.45, 7) is 0. The number of fused-ring (bicyclic) bond motifs is 1. The summed E-state index contributed by atoms with van der Waals surface area (Å²) < 4.78 is 0. The molecule has 1 heterocycles. The Morgan fingerprint density at radius 3 is 2.68 bits per heavy atom. The molecule has 2 aromatic rings. The van der Waals surface area contributed by atoms with Crippen LogP contribution in [-0.4, -0.2) is 5.75 Å². The van der Waals surface area contributed by atoms with Gasteiger partial charge in [0, 0.05) is 21.6 Å². The highest BCUT2D eigenvalue weighted by atomic mass is 35.5. The van der Waals surface area contributed by atoms with Crippen molar-refractivity contribution < 1.29 is 0 Å². The second-order valence-corrected chi connectivity index (χ2v) is 6.09. The minimum absolute atomic E-state index is 0.0462. The predicted molar refractivity (Wildman–Crippen MR) is 81.4 cm³/mol. The van der Waals surface area contributed by atoms with Gasteiger partial charge in [0.1, 0.15) is 0 Å². The molecule has 0 spiro atoms. The summed E-state index contributed by atoms with van der Waals surface area (Å²) >= 11 is 8.18. The number of thioether (sulfide) groups is 1. The third-order valence-electron chi connectivity index (χ3n) is 3.56. The van der Waals surface area contributed by atoms with E-state index in [9.17, 15) is 0 Å². The standard InChI is InChI=1S/C15H15ClN2S/c16-13-7-3-1-6-11(13)15(18-17)12-9-19-14-8-4-2-5-10(12)14/h1-8,12,15,18H,9,17H2. The molecule has 98 valence electrons. The normalized spacial score (nSPS) is 19.2. The molecule has 0 aliphatic carbocycles. The summed E-state index contributed by atoms with van der Waals surface area (Å²) in [7, 11) is 0. The van der Waals surface area contributed by atoms with Gasteiger partial charge in [0.2, 0.25) is 0 Å². The number of nitrogens with one attached hydrogen (secondary N) is 1. The molecule has 0 fully saturated rings. The first-order valence-corrected chi connectivity index (χ1v) is 7.60. The van der Waals surface area contributed by atoms with Crippen molar-refractivity contribution in [2.24, 2.45) is 5.84 Å². The Labute approximate surface area is 122 Å². The van der Waals surface area contributed by atoms with E-state index in [-0.39, 0.29) is 6.04 Å². The van der Waals surface area contributed by atoms with E-state index in [4.69, 9.17) is 17.4 Å². The van der Waals surface area contributed by atoms with Crippen molar-refractivity contribution in [3.8, 4) is 0 Å². The largest absolute Gasteiger partial charge is 0.271 e. The Bertz CT molecular complexity index is 588. The molecule has 2 unspecified atom stereocenters. The number of hydrogen-bond acceptors (Lipinski definition) is 3. The minimum Gasteiger partial charge on any atom is -0.271 e. The van der Waals surface area contributed by atoms with Crippen LogP contribution in [0.4, 0.5) is 0 Å². The lowest BCUT2D eigenvalue weighted by atomic mass is 9.89. The molecule has 4 heteroatoms. The quantitative estimate of drug-likeness (QED) is 0.668. The molecule has 0 aromatic heterocycles. The van der Waals surface area contributed by atoms with Crippen LogP contribution < -0.4 is 11.3 Å². The van der Waals surface area contributed by atoms with Crippen molar-refractivity contribution in [2.75, 3.05) is 5.75 Å². The van der Waals surface area contributed by atoms with Crippen LogP contribution in [0.25, 0.3) is 0 Å². The Morgan fingerprint density at radius 2 is 1.89 bits per heavy atom. The summed E-state index contributed by atoms with van der Waals surface area (Å²) in [6, 6.07) is 16.4. The monoisotopic (exact) mass is 290 g/mol. The van der Waals surface area contributed by atoms with Gasteiger partial charge in [-0.2, -0.15) is 0 Å². The van der Waals surface area contributed by atoms with Gasteiger partial charge in [-0.05, 0) is 23.3 Å². The van der Waals surface area contributed by atoms with Crippen molar-refractivity contribution in [1.82, 2.24) is 5.43 Å². The van der Waals surface area contributed by atoms with E-state index in [1.165, 1.54) is 10.5 Å². The molecule has 0 bridgehead atoms. The van der Waals surface area contributed by atoms with Crippen molar-refractivity contribution >= 4 is 23.4 Å². The molecule has 0 saturated carbocycles. The van der Waals surface area contributed by atoms with Crippen LogP contribution in [0, 0.1) is 0 Å². The first kappa shape index (κ1) is 13.0. The van der Waals surface area contributed by atoms with Crippen LogP contribution in [-0.2, 0) is 0 Å². The Hall–Kier alpha value is -1.00. The molecule has 3 rings (SSSR count). The van der Waals surface area contributed by atoms with E-state index in [1.807, 2.05) is 36.0 Å². The molecule has 1 aliphatic heterocycles. The lowest BCUT2D eigenvalue weighted by Gasteiger charge is -2.24. The van der Waals surface area contributed by atoms with Crippen LogP contribution in [0.3, 0.4) is 0 Å². The zero-order chi connectivity index (χ0) is 13.2. The van der Waals surface area contributed by atoms with Crippen LogP contribution in [0.15, 0.2) is 53.4 Å². The molecular weight excluding hydrogens is 276 g/mol. The van der Waals surface area contributed by atoms with Crippen molar-refractivity contribution in [3.63, 3.8) is 0 Å². The first-order valence-electron chi connectivity index (χ1n) is 6.23. The number of hydrazine groups is 1. The molecule has 0 radical (unpaired) electrons. The van der Waals surface area contributed by atoms with Crippen molar-refractivity contribution in [3.05, 3.63) is 64.7 Å². The topological polar surface area (TPSA) is 38.0 Å². The fourth-order valence-corrected chi connectivity index (χ4v) is 4.16. The van der Waals surface area contributed by atoms with E-state index >= 15 is 0 Å². The van der Waals surface area contributed by atoms with E-state index in [1.54, 1.807) is 0 Å². The number of benzene rings is 2. The van der Waals surface area contributed by atoms with Crippen LogP contribution in [0.2, 0.25) is 5.02 Å². The maximum absolute atomic E-state index is 6.30. The number of nitrogens with two attached hydrogens (primary N) is 1. The lowest BCUT2D eigenvalue weighted by molar-refractivity contribution is 0.485. The average molecular weight is 291 g/mol. The Morgan fingerprint density at radius 1 is 1.16 bits per heavy atom. The fraction of sp³-hybridized carbons (Fsp3) is 0.200.